The first-order valence-electron chi connectivity index (χ1n) is 8.48. The van der Waals surface area contributed by atoms with Gasteiger partial charge in [-0.1, -0.05) is 24.3 Å². The number of thioether (sulfide) groups is 1. The molecule has 0 saturated carbocycles. The Bertz CT molecular complexity index is 555. The van der Waals surface area contributed by atoms with Gasteiger partial charge in [0.1, 0.15) is 0 Å². The molecule has 0 bridgehead atoms. The molecule has 2 fully saturated rings. The molecule has 1 aromatic carbocycles. The molecule has 2 aliphatic heterocycles. The molecule has 0 aliphatic carbocycles. The van der Waals surface area contributed by atoms with Crippen LogP contribution in [-0.2, 0) is 10.2 Å². The molecule has 134 valence electrons. The van der Waals surface area contributed by atoms with Crippen molar-refractivity contribution in [1.29, 1.82) is 0 Å². The summed E-state index contributed by atoms with van der Waals surface area (Å²) in [7, 11) is 0. The molecule has 0 amide bonds. The molecule has 0 spiro atoms. The summed E-state index contributed by atoms with van der Waals surface area (Å²) in [4.78, 5) is 7.04. The zero-order valence-electron chi connectivity index (χ0n) is 14.4. The van der Waals surface area contributed by atoms with Gasteiger partial charge in [-0.05, 0) is 30.9 Å². The molecule has 4 nitrogen and oxygen atoms in total. The molecule has 2 aliphatic rings. The maximum atomic E-state index is 6.28. The highest BCUT2D eigenvalue weighted by Gasteiger charge is 2.35. The van der Waals surface area contributed by atoms with Gasteiger partial charge in [0.2, 0.25) is 0 Å². The van der Waals surface area contributed by atoms with Crippen LogP contribution in [0.4, 0.5) is 0 Å². The van der Waals surface area contributed by atoms with Gasteiger partial charge >= 0.3 is 0 Å². The molecule has 0 aromatic heterocycles. The van der Waals surface area contributed by atoms with Crippen molar-refractivity contribution in [1.82, 2.24) is 4.90 Å². The van der Waals surface area contributed by atoms with Crippen molar-refractivity contribution >= 4 is 41.7 Å². The van der Waals surface area contributed by atoms with Gasteiger partial charge < -0.3 is 15.4 Å². The second kappa shape index (κ2) is 9.29. The summed E-state index contributed by atoms with van der Waals surface area (Å²) in [5.74, 6) is 3.00. The SMILES string of the molecule is Cc1ccccc1C1(CN=C(N)N2CCSCC2)CCOCC1.I. The summed E-state index contributed by atoms with van der Waals surface area (Å²) in [5.41, 5.74) is 9.10. The van der Waals surface area contributed by atoms with Crippen LogP contribution >= 0.6 is 35.7 Å². The van der Waals surface area contributed by atoms with Gasteiger partial charge in [0.25, 0.3) is 0 Å². The molecule has 2 saturated heterocycles. The number of hydrogen-bond donors (Lipinski definition) is 1. The number of ether oxygens (including phenoxy) is 1. The molecular weight excluding hydrogens is 433 g/mol. The lowest BCUT2D eigenvalue weighted by atomic mass is 9.72. The van der Waals surface area contributed by atoms with Gasteiger partial charge in [-0.3, -0.25) is 4.99 Å². The quantitative estimate of drug-likeness (QED) is 0.427. The van der Waals surface area contributed by atoms with Crippen LogP contribution in [0.3, 0.4) is 0 Å². The molecule has 0 unspecified atom stereocenters. The standard InChI is InChI=1S/C18H27N3OS.HI/c1-15-4-2-3-5-16(15)18(6-10-22-11-7-18)14-20-17(19)21-8-12-23-13-9-21;/h2-5H,6-14H2,1H3,(H2,19,20);1H. The van der Waals surface area contributed by atoms with E-state index in [0.29, 0.717) is 5.96 Å². The lowest BCUT2D eigenvalue weighted by molar-refractivity contribution is 0.0528. The summed E-state index contributed by atoms with van der Waals surface area (Å²) < 4.78 is 5.62. The minimum absolute atomic E-state index is 0. The fraction of sp³-hybridized carbons (Fsp3) is 0.611. The smallest absolute Gasteiger partial charge is 0.191 e. The van der Waals surface area contributed by atoms with Crippen LogP contribution in [0, 0.1) is 6.92 Å². The Kier molecular flexibility index (Phi) is 7.68. The van der Waals surface area contributed by atoms with Gasteiger partial charge in [0.05, 0.1) is 6.54 Å². The monoisotopic (exact) mass is 461 g/mol. The number of nitrogens with two attached hydrogens (primary N) is 1. The van der Waals surface area contributed by atoms with E-state index in [1.807, 2.05) is 11.8 Å². The Morgan fingerprint density at radius 1 is 1.25 bits per heavy atom. The Balaban J connectivity index is 0.00000208. The topological polar surface area (TPSA) is 50.8 Å². The predicted molar refractivity (Wildman–Crippen MR) is 114 cm³/mol. The van der Waals surface area contributed by atoms with Crippen LogP contribution in [0.1, 0.15) is 24.0 Å². The third-order valence-electron chi connectivity index (χ3n) is 5.05. The minimum atomic E-state index is 0. The third kappa shape index (κ3) is 4.58. The largest absolute Gasteiger partial charge is 0.381 e. The zero-order chi connectivity index (χ0) is 16.1. The number of nitrogens with zero attached hydrogens (tertiary/aromatic N) is 2. The summed E-state index contributed by atoms with van der Waals surface area (Å²) in [6.45, 7) is 6.60. The number of halogens is 1. The van der Waals surface area contributed by atoms with E-state index in [4.69, 9.17) is 15.5 Å². The maximum absolute atomic E-state index is 6.28. The van der Waals surface area contributed by atoms with Gasteiger partial charge in [0.15, 0.2) is 5.96 Å². The van der Waals surface area contributed by atoms with Gasteiger partial charge in [-0.2, -0.15) is 11.8 Å². The van der Waals surface area contributed by atoms with Crippen LogP contribution in [0.2, 0.25) is 0 Å². The second-order valence-electron chi connectivity index (χ2n) is 6.48. The van der Waals surface area contributed by atoms with Crippen molar-refractivity contribution in [2.24, 2.45) is 10.7 Å². The van der Waals surface area contributed by atoms with Gasteiger partial charge in [-0.15, -0.1) is 24.0 Å². The highest BCUT2D eigenvalue weighted by molar-refractivity contribution is 14.0. The van der Waals surface area contributed by atoms with E-state index < -0.39 is 0 Å². The Morgan fingerprint density at radius 3 is 2.58 bits per heavy atom. The Labute approximate surface area is 166 Å². The van der Waals surface area contributed by atoms with Crippen LogP contribution in [-0.4, -0.2) is 55.2 Å². The van der Waals surface area contributed by atoms with Gasteiger partial charge in [0, 0.05) is 43.2 Å². The number of aliphatic imine (C=N–C) groups is 1. The van der Waals surface area contributed by atoms with Crippen LogP contribution in [0.5, 0.6) is 0 Å². The van der Waals surface area contributed by atoms with Crippen molar-refractivity contribution in [3.05, 3.63) is 35.4 Å². The van der Waals surface area contributed by atoms with E-state index in [-0.39, 0.29) is 29.4 Å². The van der Waals surface area contributed by atoms with Crippen molar-refractivity contribution in [3.8, 4) is 0 Å². The number of aryl methyl sites for hydroxylation is 1. The molecule has 6 heteroatoms. The number of benzene rings is 1. The summed E-state index contributed by atoms with van der Waals surface area (Å²) >= 11 is 1.99. The summed E-state index contributed by atoms with van der Waals surface area (Å²) in [6, 6.07) is 8.69. The summed E-state index contributed by atoms with van der Waals surface area (Å²) in [6.07, 6.45) is 2.04. The zero-order valence-corrected chi connectivity index (χ0v) is 17.5. The van der Waals surface area contributed by atoms with Gasteiger partial charge in [-0.25, -0.2) is 0 Å². The van der Waals surface area contributed by atoms with Crippen molar-refractivity contribution in [2.75, 3.05) is 44.4 Å². The predicted octanol–water partition coefficient (Wildman–Crippen LogP) is 3.02. The lowest BCUT2D eigenvalue weighted by Gasteiger charge is -2.38. The average molecular weight is 461 g/mol. The van der Waals surface area contributed by atoms with Crippen LogP contribution in [0.15, 0.2) is 29.3 Å². The van der Waals surface area contributed by atoms with E-state index in [9.17, 15) is 0 Å². The average Bonchev–Trinajstić information content (AvgIpc) is 2.61. The van der Waals surface area contributed by atoms with Crippen molar-refractivity contribution in [3.63, 3.8) is 0 Å². The summed E-state index contributed by atoms with van der Waals surface area (Å²) in [5, 5.41) is 0. The van der Waals surface area contributed by atoms with E-state index >= 15 is 0 Å². The number of guanidine groups is 1. The first-order valence-corrected chi connectivity index (χ1v) is 9.63. The molecule has 3 rings (SSSR count). The molecule has 24 heavy (non-hydrogen) atoms. The highest BCUT2D eigenvalue weighted by Crippen LogP contribution is 2.37. The first kappa shape index (κ1) is 19.8. The molecule has 1 aromatic rings. The number of hydrogen-bond acceptors (Lipinski definition) is 3. The molecule has 2 N–H and O–H groups in total. The van der Waals surface area contributed by atoms with E-state index in [1.54, 1.807) is 0 Å². The highest BCUT2D eigenvalue weighted by atomic mass is 127. The fourth-order valence-electron chi connectivity index (χ4n) is 3.57. The molecule has 0 atom stereocenters. The van der Waals surface area contributed by atoms with Crippen LogP contribution in [0.25, 0.3) is 0 Å². The molecular formula is C18H28IN3OS. The van der Waals surface area contributed by atoms with Crippen LogP contribution < -0.4 is 5.73 Å². The maximum Gasteiger partial charge on any atom is 0.191 e. The first-order chi connectivity index (χ1) is 11.2. The lowest BCUT2D eigenvalue weighted by Crippen LogP contribution is -2.44. The number of rotatable bonds is 3. The van der Waals surface area contributed by atoms with E-state index in [1.165, 1.54) is 11.1 Å². The molecule has 0 radical (unpaired) electrons. The Morgan fingerprint density at radius 2 is 1.92 bits per heavy atom. The Hall–Kier alpha value is -0.470. The minimum Gasteiger partial charge on any atom is -0.381 e. The normalized spacial score (nSPS) is 21.2. The van der Waals surface area contributed by atoms with Crippen molar-refractivity contribution in [2.45, 2.75) is 25.2 Å². The van der Waals surface area contributed by atoms with Crippen molar-refractivity contribution < 1.29 is 4.74 Å². The second-order valence-corrected chi connectivity index (χ2v) is 7.71. The molecule has 2 heterocycles. The van der Waals surface area contributed by atoms with E-state index in [0.717, 1.165) is 57.2 Å². The van der Waals surface area contributed by atoms with E-state index in [2.05, 4.69) is 36.1 Å². The third-order valence-corrected chi connectivity index (χ3v) is 5.99. The fourth-order valence-corrected chi connectivity index (χ4v) is 4.47.